The Kier molecular flexibility index (Phi) is 5.58. The van der Waals surface area contributed by atoms with Crippen LogP contribution >= 0.6 is 0 Å². The Morgan fingerprint density at radius 1 is 0.870 bits per heavy atom. The molecule has 0 radical (unpaired) electrons. The van der Waals surface area contributed by atoms with Crippen molar-refractivity contribution >= 4 is 0 Å². The summed E-state index contributed by atoms with van der Waals surface area (Å²) in [6, 6.07) is 0.127. The highest BCUT2D eigenvalue weighted by atomic mass is 14.9. The Morgan fingerprint density at radius 2 is 1.39 bits per heavy atom. The zero-order valence-corrected chi connectivity index (χ0v) is 16.6. The van der Waals surface area contributed by atoms with Crippen LogP contribution in [0.25, 0.3) is 0 Å². The van der Waals surface area contributed by atoms with Gasteiger partial charge in [0.2, 0.25) is 0 Å². The van der Waals surface area contributed by atoms with Crippen LogP contribution < -0.4 is 11.5 Å². The summed E-state index contributed by atoms with van der Waals surface area (Å²) >= 11 is 0. The Balaban J connectivity index is 2.59. The first kappa shape index (κ1) is 19.2. The molecule has 3 unspecified atom stereocenters. The average Bonchev–Trinajstić information content (AvgIpc) is 2.46. The van der Waals surface area contributed by atoms with Crippen LogP contribution in [0, 0.1) is 28.6 Å². The zero-order valence-electron chi connectivity index (χ0n) is 16.6. The summed E-state index contributed by atoms with van der Waals surface area (Å²) in [4.78, 5) is 0. The summed E-state index contributed by atoms with van der Waals surface area (Å²) in [6.07, 6.45) is 10.5. The highest BCUT2D eigenvalue weighted by Gasteiger charge is 2.63. The predicted molar refractivity (Wildman–Crippen MR) is 101 cm³/mol. The molecule has 0 heterocycles. The molecule has 0 saturated heterocycles. The lowest BCUT2D eigenvalue weighted by atomic mass is 9.39. The van der Waals surface area contributed by atoms with E-state index in [2.05, 4.69) is 41.5 Å². The SMILES string of the molecule is CC(C)C(C(C)C)(C1CCCCC1)C1(C)CCCC(N)C1(C)N. The Hall–Kier alpha value is -0.0800. The molecule has 2 nitrogen and oxygen atoms in total. The van der Waals surface area contributed by atoms with Crippen molar-refractivity contribution in [1.29, 1.82) is 0 Å². The van der Waals surface area contributed by atoms with Gasteiger partial charge in [-0.3, -0.25) is 0 Å². The number of nitrogens with two attached hydrogens (primary N) is 2. The molecule has 2 aliphatic carbocycles. The van der Waals surface area contributed by atoms with E-state index in [0.717, 1.165) is 12.3 Å². The van der Waals surface area contributed by atoms with Gasteiger partial charge in [-0.1, -0.05) is 60.3 Å². The molecule has 0 bridgehead atoms. The van der Waals surface area contributed by atoms with Gasteiger partial charge in [-0.2, -0.15) is 0 Å². The van der Waals surface area contributed by atoms with Crippen LogP contribution in [0.1, 0.15) is 92.9 Å². The monoisotopic (exact) mass is 322 g/mol. The topological polar surface area (TPSA) is 52.0 Å². The van der Waals surface area contributed by atoms with Crippen molar-refractivity contribution in [3.05, 3.63) is 0 Å². The summed E-state index contributed by atoms with van der Waals surface area (Å²) in [5.41, 5.74) is 13.8. The van der Waals surface area contributed by atoms with Crippen molar-refractivity contribution < 1.29 is 0 Å². The van der Waals surface area contributed by atoms with Gasteiger partial charge < -0.3 is 11.5 Å². The quantitative estimate of drug-likeness (QED) is 0.756. The molecule has 2 saturated carbocycles. The second-order valence-corrected chi connectivity index (χ2v) is 9.69. The third kappa shape index (κ3) is 2.68. The maximum Gasteiger partial charge on any atom is 0.0339 e. The number of hydrogen-bond donors (Lipinski definition) is 2. The molecule has 0 spiro atoms. The van der Waals surface area contributed by atoms with Gasteiger partial charge in [0.1, 0.15) is 0 Å². The second kappa shape index (κ2) is 6.67. The van der Waals surface area contributed by atoms with E-state index in [1.54, 1.807) is 0 Å². The molecule has 0 aliphatic heterocycles. The fraction of sp³-hybridized carbons (Fsp3) is 1.00. The standard InChI is InChI=1S/C21H42N2/c1-15(2)21(16(3)4,17-11-8-7-9-12-17)19(5)14-10-13-18(22)20(19,6)23/h15-18H,7-14,22-23H2,1-6H3. The molecule has 2 rings (SSSR count). The molecule has 0 aromatic heterocycles. The van der Waals surface area contributed by atoms with Crippen LogP contribution in [0.3, 0.4) is 0 Å². The first-order chi connectivity index (χ1) is 10.6. The van der Waals surface area contributed by atoms with Crippen LogP contribution in [-0.4, -0.2) is 11.6 Å². The summed E-state index contributed by atoms with van der Waals surface area (Å²) in [6.45, 7) is 14.6. The van der Waals surface area contributed by atoms with Gasteiger partial charge in [0, 0.05) is 11.6 Å². The van der Waals surface area contributed by atoms with Gasteiger partial charge in [0.05, 0.1) is 0 Å². The highest BCUT2D eigenvalue weighted by Crippen LogP contribution is 2.65. The molecular formula is C21H42N2. The van der Waals surface area contributed by atoms with Gasteiger partial charge in [0.25, 0.3) is 0 Å². The minimum absolute atomic E-state index is 0.113. The van der Waals surface area contributed by atoms with E-state index in [-0.39, 0.29) is 22.4 Å². The minimum atomic E-state index is -0.281. The largest absolute Gasteiger partial charge is 0.326 e. The van der Waals surface area contributed by atoms with Crippen LogP contribution in [0.4, 0.5) is 0 Å². The molecule has 2 fully saturated rings. The summed E-state index contributed by atoms with van der Waals surface area (Å²) in [5.74, 6) is 2.09. The smallest absolute Gasteiger partial charge is 0.0339 e. The maximum absolute atomic E-state index is 7.04. The predicted octanol–water partition coefficient (Wildman–Crippen LogP) is 5.10. The summed E-state index contributed by atoms with van der Waals surface area (Å²) in [5, 5.41) is 0. The van der Waals surface area contributed by atoms with Gasteiger partial charge >= 0.3 is 0 Å². The molecular weight excluding hydrogens is 280 g/mol. The fourth-order valence-electron chi connectivity index (χ4n) is 7.25. The van der Waals surface area contributed by atoms with E-state index in [1.165, 1.54) is 44.9 Å². The molecule has 3 atom stereocenters. The lowest BCUT2D eigenvalue weighted by molar-refractivity contribution is -0.160. The van der Waals surface area contributed by atoms with E-state index < -0.39 is 0 Å². The van der Waals surface area contributed by atoms with Gasteiger partial charge in [-0.15, -0.1) is 0 Å². The molecule has 2 heteroatoms. The third-order valence-corrected chi connectivity index (χ3v) is 8.30. The first-order valence-electron chi connectivity index (χ1n) is 10.2. The van der Waals surface area contributed by atoms with Gasteiger partial charge in [0.15, 0.2) is 0 Å². The number of rotatable bonds is 4. The van der Waals surface area contributed by atoms with Crippen molar-refractivity contribution in [3.63, 3.8) is 0 Å². The summed E-state index contributed by atoms with van der Waals surface area (Å²) in [7, 11) is 0. The summed E-state index contributed by atoms with van der Waals surface area (Å²) < 4.78 is 0. The average molecular weight is 323 g/mol. The van der Waals surface area contributed by atoms with E-state index in [4.69, 9.17) is 11.5 Å². The molecule has 136 valence electrons. The second-order valence-electron chi connectivity index (χ2n) is 9.69. The van der Waals surface area contributed by atoms with Gasteiger partial charge in [-0.25, -0.2) is 0 Å². The number of hydrogen-bond acceptors (Lipinski definition) is 2. The molecule has 0 aromatic carbocycles. The third-order valence-electron chi connectivity index (χ3n) is 8.30. The van der Waals surface area contributed by atoms with Gasteiger partial charge in [-0.05, 0) is 61.2 Å². The highest BCUT2D eigenvalue weighted by molar-refractivity contribution is 5.17. The van der Waals surface area contributed by atoms with Crippen molar-refractivity contribution in [2.75, 3.05) is 0 Å². The molecule has 2 aliphatic rings. The lowest BCUT2D eigenvalue weighted by Crippen LogP contribution is -2.73. The Labute approximate surface area is 145 Å². The fourth-order valence-corrected chi connectivity index (χ4v) is 7.25. The normalized spacial score (nSPS) is 37.6. The van der Waals surface area contributed by atoms with E-state index in [1.807, 2.05) is 0 Å². The van der Waals surface area contributed by atoms with Crippen molar-refractivity contribution in [2.45, 2.75) is 104 Å². The molecule has 0 aromatic rings. The maximum atomic E-state index is 7.04. The van der Waals surface area contributed by atoms with E-state index in [0.29, 0.717) is 11.8 Å². The Bertz CT molecular complexity index is 385. The Morgan fingerprint density at radius 3 is 1.87 bits per heavy atom. The molecule has 0 amide bonds. The minimum Gasteiger partial charge on any atom is -0.326 e. The first-order valence-corrected chi connectivity index (χ1v) is 10.2. The van der Waals surface area contributed by atoms with Crippen LogP contribution in [0.2, 0.25) is 0 Å². The van der Waals surface area contributed by atoms with Crippen molar-refractivity contribution in [2.24, 2.45) is 40.1 Å². The van der Waals surface area contributed by atoms with E-state index >= 15 is 0 Å². The van der Waals surface area contributed by atoms with Crippen molar-refractivity contribution in [3.8, 4) is 0 Å². The van der Waals surface area contributed by atoms with Crippen molar-refractivity contribution in [1.82, 2.24) is 0 Å². The van der Waals surface area contributed by atoms with Crippen LogP contribution in [-0.2, 0) is 0 Å². The molecule has 23 heavy (non-hydrogen) atoms. The van der Waals surface area contributed by atoms with Crippen LogP contribution in [0.15, 0.2) is 0 Å². The van der Waals surface area contributed by atoms with Crippen LogP contribution in [0.5, 0.6) is 0 Å². The zero-order chi connectivity index (χ0) is 17.5. The lowest BCUT2D eigenvalue weighted by Gasteiger charge is -2.67. The van der Waals surface area contributed by atoms with E-state index in [9.17, 15) is 0 Å². The molecule has 4 N–H and O–H groups in total.